The average molecular weight is 363 g/mol. The molecule has 138 valence electrons. The number of carbonyl (C=O) groups is 1. The van der Waals surface area contributed by atoms with Crippen molar-refractivity contribution in [1.29, 1.82) is 0 Å². The standard InChI is InChI=1S/C19H22BN5O2/c1-23-9-11-24(12-10-23)13-17(26)25-16-7-3-2-5-14(16)19(27-20)22-15-6-4-8-21-18(15)25/h2-8,19,22H,9-13H2,1H3. The molecule has 1 unspecified atom stereocenters. The third-order valence-electron chi connectivity index (χ3n) is 5.09. The SMILES string of the molecule is [B]OC1Nc2cccnc2N(C(=O)CN2CCN(C)CC2)c2ccccc21. The van der Waals surface area contributed by atoms with Crippen molar-refractivity contribution < 1.29 is 9.45 Å². The number of nitrogens with one attached hydrogen (secondary N) is 1. The summed E-state index contributed by atoms with van der Waals surface area (Å²) in [7, 11) is 7.63. The molecule has 2 radical (unpaired) electrons. The van der Waals surface area contributed by atoms with E-state index in [9.17, 15) is 4.79 Å². The van der Waals surface area contributed by atoms with Gasteiger partial charge in [-0.15, -0.1) is 0 Å². The van der Waals surface area contributed by atoms with Crippen molar-refractivity contribution in [3.8, 4) is 0 Å². The second-order valence-electron chi connectivity index (χ2n) is 6.90. The van der Waals surface area contributed by atoms with E-state index in [0.29, 0.717) is 18.1 Å². The summed E-state index contributed by atoms with van der Waals surface area (Å²) in [5.41, 5.74) is 2.23. The van der Waals surface area contributed by atoms with Gasteiger partial charge < -0.3 is 14.9 Å². The molecule has 27 heavy (non-hydrogen) atoms. The summed E-state index contributed by atoms with van der Waals surface area (Å²) < 4.78 is 5.15. The van der Waals surface area contributed by atoms with Crippen molar-refractivity contribution in [2.75, 3.05) is 50.0 Å². The Hall–Kier alpha value is -2.42. The lowest BCUT2D eigenvalue weighted by Gasteiger charge is -2.33. The van der Waals surface area contributed by atoms with E-state index in [-0.39, 0.29) is 5.91 Å². The Morgan fingerprint density at radius 3 is 2.78 bits per heavy atom. The summed E-state index contributed by atoms with van der Waals surface area (Å²) in [6.45, 7) is 4.01. The summed E-state index contributed by atoms with van der Waals surface area (Å²) in [5, 5.41) is 3.24. The fraction of sp³-hybridized carbons (Fsp3) is 0.368. The number of nitrogens with zero attached hydrogens (tertiary/aromatic N) is 4. The van der Waals surface area contributed by atoms with Gasteiger partial charge in [-0.1, -0.05) is 18.2 Å². The first-order chi connectivity index (χ1) is 13.2. The highest BCUT2D eigenvalue weighted by Gasteiger charge is 2.31. The molecule has 2 aromatic rings. The number of hydrogen-bond donors (Lipinski definition) is 1. The molecule has 4 rings (SSSR count). The maximum Gasteiger partial charge on any atom is 0.285 e. The minimum atomic E-state index is -0.564. The van der Waals surface area contributed by atoms with E-state index in [2.05, 4.69) is 27.1 Å². The Labute approximate surface area is 160 Å². The smallest absolute Gasteiger partial charge is 0.285 e. The third kappa shape index (κ3) is 3.56. The molecule has 1 atom stereocenters. The highest BCUT2D eigenvalue weighted by Crippen LogP contribution is 2.40. The van der Waals surface area contributed by atoms with Crippen molar-refractivity contribution in [2.24, 2.45) is 0 Å². The summed E-state index contributed by atoms with van der Waals surface area (Å²) in [5.74, 6) is 0.537. The van der Waals surface area contributed by atoms with Gasteiger partial charge >= 0.3 is 0 Å². The van der Waals surface area contributed by atoms with Crippen LogP contribution in [-0.4, -0.2) is 68.5 Å². The van der Waals surface area contributed by atoms with Gasteiger partial charge in [0.1, 0.15) is 6.23 Å². The molecule has 8 heteroatoms. The number of amides is 1. The van der Waals surface area contributed by atoms with Crippen LogP contribution in [0.25, 0.3) is 0 Å². The molecule has 1 amide bonds. The number of hydrogen-bond acceptors (Lipinski definition) is 6. The lowest BCUT2D eigenvalue weighted by atomic mass is 10.1. The van der Waals surface area contributed by atoms with Gasteiger partial charge in [0, 0.05) is 37.9 Å². The second-order valence-corrected chi connectivity index (χ2v) is 6.90. The van der Waals surface area contributed by atoms with E-state index >= 15 is 0 Å². The van der Waals surface area contributed by atoms with Crippen molar-refractivity contribution in [2.45, 2.75) is 6.23 Å². The molecule has 1 aromatic heterocycles. The number of rotatable bonds is 3. The highest BCUT2D eigenvalue weighted by atomic mass is 16.4. The molecule has 1 saturated heterocycles. The second kappa shape index (κ2) is 7.68. The third-order valence-corrected chi connectivity index (χ3v) is 5.09. The number of para-hydroxylation sites is 1. The molecule has 0 spiro atoms. The van der Waals surface area contributed by atoms with Crippen LogP contribution in [0.3, 0.4) is 0 Å². The van der Waals surface area contributed by atoms with E-state index in [1.54, 1.807) is 11.1 Å². The van der Waals surface area contributed by atoms with Crippen molar-refractivity contribution >= 4 is 31.1 Å². The Balaban J connectivity index is 1.71. The number of anilines is 3. The van der Waals surface area contributed by atoms with Gasteiger partial charge in [0.15, 0.2) is 5.82 Å². The molecule has 0 aliphatic carbocycles. The largest absolute Gasteiger partial charge is 0.426 e. The molecule has 7 nitrogen and oxygen atoms in total. The van der Waals surface area contributed by atoms with Crippen LogP contribution in [0.1, 0.15) is 11.8 Å². The van der Waals surface area contributed by atoms with Gasteiger partial charge in [0.25, 0.3) is 8.05 Å². The van der Waals surface area contributed by atoms with Gasteiger partial charge in [-0.05, 0) is 25.2 Å². The molecule has 0 bridgehead atoms. The van der Waals surface area contributed by atoms with Crippen molar-refractivity contribution in [1.82, 2.24) is 14.8 Å². The van der Waals surface area contributed by atoms with Crippen molar-refractivity contribution in [3.05, 3.63) is 48.2 Å². The highest BCUT2D eigenvalue weighted by molar-refractivity contribution is 6.05. The van der Waals surface area contributed by atoms with Gasteiger partial charge in [-0.2, -0.15) is 0 Å². The maximum absolute atomic E-state index is 13.4. The zero-order valence-electron chi connectivity index (χ0n) is 15.3. The zero-order chi connectivity index (χ0) is 18.8. The van der Waals surface area contributed by atoms with E-state index in [4.69, 9.17) is 12.7 Å². The topological polar surface area (TPSA) is 60.9 Å². The number of benzene rings is 1. The number of piperazine rings is 1. The minimum Gasteiger partial charge on any atom is -0.426 e. The number of carbonyl (C=O) groups excluding carboxylic acids is 1. The van der Waals surface area contributed by atoms with Crippen LogP contribution >= 0.6 is 0 Å². The van der Waals surface area contributed by atoms with Crippen LogP contribution < -0.4 is 10.2 Å². The first kappa shape index (κ1) is 18.0. The predicted molar refractivity (Wildman–Crippen MR) is 105 cm³/mol. The Kier molecular flexibility index (Phi) is 5.11. The Bertz CT molecular complexity index is 825. The van der Waals surface area contributed by atoms with E-state index in [0.717, 1.165) is 37.4 Å². The Morgan fingerprint density at radius 1 is 1.22 bits per heavy atom. The van der Waals surface area contributed by atoms with Crippen LogP contribution in [-0.2, 0) is 9.45 Å². The molecule has 3 heterocycles. The molecule has 1 N–H and O–H groups in total. The maximum atomic E-state index is 13.4. The van der Waals surface area contributed by atoms with E-state index in [1.165, 1.54) is 0 Å². The molecule has 0 saturated carbocycles. The Morgan fingerprint density at radius 2 is 2.00 bits per heavy atom. The fourth-order valence-electron chi connectivity index (χ4n) is 3.56. The zero-order valence-corrected chi connectivity index (χ0v) is 15.3. The van der Waals surface area contributed by atoms with Crippen molar-refractivity contribution in [3.63, 3.8) is 0 Å². The van der Waals surface area contributed by atoms with Crippen LogP contribution in [0.2, 0.25) is 0 Å². The molecule has 1 fully saturated rings. The molecule has 2 aliphatic heterocycles. The van der Waals surface area contributed by atoms with Crippen LogP contribution in [0.15, 0.2) is 42.6 Å². The number of pyridine rings is 1. The summed E-state index contributed by atoms with van der Waals surface area (Å²) in [6.07, 6.45) is 1.12. The number of aromatic nitrogens is 1. The van der Waals surface area contributed by atoms with Gasteiger partial charge in [-0.25, -0.2) is 4.98 Å². The van der Waals surface area contributed by atoms with Gasteiger partial charge in [0.05, 0.1) is 17.9 Å². The predicted octanol–water partition coefficient (Wildman–Crippen LogP) is 1.52. The quantitative estimate of drug-likeness (QED) is 0.835. The normalized spacial score (nSPS) is 20.3. The van der Waals surface area contributed by atoms with Gasteiger partial charge in [-0.3, -0.25) is 14.6 Å². The minimum absolute atomic E-state index is 0.0218. The van der Waals surface area contributed by atoms with Gasteiger partial charge in [0.2, 0.25) is 5.91 Å². The lowest BCUT2D eigenvalue weighted by molar-refractivity contribution is -0.119. The van der Waals surface area contributed by atoms with E-state index in [1.807, 2.05) is 36.4 Å². The molecule has 1 aromatic carbocycles. The molecular weight excluding hydrogens is 341 g/mol. The molecule has 2 aliphatic rings. The molecular formula is C19H22BN5O2. The number of fused-ring (bicyclic) bond motifs is 2. The van der Waals surface area contributed by atoms with Crippen LogP contribution in [0.5, 0.6) is 0 Å². The first-order valence-electron chi connectivity index (χ1n) is 9.07. The summed E-state index contributed by atoms with van der Waals surface area (Å²) >= 11 is 0. The fourth-order valence-corrected chi connectivity index (χ4v) is 3.56. The van der Waals surface area contributed by atoms with E-state index < -0.39 is 6.23 Å². The number of likely N-dealkylation sites (N-methyl/N-ethyl adjacent to an activating group) is 1. The first-order valence-corrected chi connectivity index (χ1v) is 9.07. The lowest BCUT2D eigenvalue weighted by Crippen LogP contribution is -2.48. The average Bonchev–Trinajstić information content (AvgIpc) is 2.84. The summed E-state index contributed by atoms with van der Waals surface area (Å²) in [6, 6.07) is 11.3. The summed E-state index contributed by atoms with van der Waals surface area (Å²) in [4.78, 5) is 24.0. The van der Waals surface area contributed by atoms with Crippen LogP contribution in [0, 0.1) is 0 Å². The van der Waals surface area contributed by atoms with Crippen LogP contribution in [0.4, 0.5) is 17.2 Å². The monoisotopic (exact) mass is 363 g/mol.